The Morgan fingerprint density at radius 1 is 0.833 bits per heavy atom. The number of rotatable bonds is 29. The number of aliphatic hydroxyl groups is 5. The second kappa shape index (κ2) is 26.6. The first-order valence-corrected chi connectivity index (χ1v) is 19.5. The molecular weight excluding hydrogens is 646 g/mol. The lowest BCUT2D eigenvalue weighted by molar-refractivity contribution is -0.298. The maximum absolute atomic E-state index is 12.9. The lowest BCUT2D eigenvalue weighted by Crippen LogP contribution is -2.61. The van der Waals surface area contributed by atoms with Crippen LogP contribution in [0.1, 0.15) is 136 Å². The summed E-state index contributed by atoms with van der Waals surface area (Å²) in [4.78, 5) is 12.9. The third-order valence-corrected chi connectivity index (χ3v) is 9.14. The second-order valence-corrected chi connectivity index (χ2v) is 14.0. The molecular formula is C34H65NO12S. The molecule has 1 aliphatic heterocycles. The number of unbranched alkanes of at least 4 members (excludes halogenated alkanes) is 16. The van der Waals surface area contributed by atoms with Gasteiger partial charge in [0, 0.05) is 0 Å². The average molecular weight is 712 g/mol. The van der Waals surface area contributed by atoms with Crippen LogP contribution in [0.4, 0.5) is 0 Å². The third kappa shape index (κ3) is 19.9. The van der Waals surface area contributed by atoms with Crippen molar-refractivity contribution in [2.45, 2.75) is 185 Å². The number of aliphatic hydroxyl groups excluding tert-OH is 5. The number of carbonyl (C=O) groups excluding carboxylic acids is 1. The molecule has 0 bridgehead atoms. The fourth-order valence-electron chi connectivity index (χ4n) is 5.69. The molecule has 14 heteroatoms. The number of hydrogen-bond acceptors (Lipinski definition) is 11. The first kappa shape index (κ1) is 44.8. The van der Waals surface area contributed by atoms with Gasteiger partial charge in [-0.15, -0.1) is 0 Å². The highest BCUT2D eigenvalue weighted by Crippen LogP contribution is 2.26. The molecule has 0 aliphatic carbocycles. The monoisotopic (exact) mass is 711 g/mol. The van der Waals surface area contributed by atoms with Gasteiger partial charge in [0.25, 0.3) is 0 Å². The van der Waals surface area contributed by atoms with Gasteiger partial charge >= 0.3 is 10.4 Å². The van der Waals surface area contributed by atoms with Gasteiger partial charge in [-0.1, -0.05) is 129 Å². The summed E-state index contributed by atoms with van der Waals surface area (Å²) in [5.41, 5.74) is 0. The van der Waals surface area contributed by atoms with E-state index in [4.69, 9.17) is 14.0 Å². The van der Waals surface area contributed by atoms with Crippen molar-refractivity contribution in [2.24, 2.45) is 0 Å². The third-order valence-electron chi connectivity index (χ3n) is 8.68. The Labute approximate surface area is 288 Å². The van der Waals surface area contributed by atoms with E-state index in [1.807, 2.05) is 0 Å². The maximum Gasteiger partial charge on any atom is 0.397 e. The van der Waals surface area contributed by atoms with Crippen LogP contribution in [0, 0.1) is 0 Å². The Morgan fingerprint density at radius 2 is 1.35 bits per heavy atom. The lowest BCUT2D eigenvalue weighted by atomic mass is 9.99. The quantitative estimate of drug-likeness (QED) is 0.0335. The van der Waals surface area contributed by atoms with Crippen LogP contribution in [0.2, 0.25) is 0 Å². The number of ether oxygens (including phenoxy) is 2. The summed E-state index contributed by atoms with van der Waals surface area (Å²) in [6, 6.07) is -1.11. The van der Waals surface area contributed by atoms with Crippen LogP contribution in [-0.4, -0.2) is 107 Å². The minimum Gasteiger partial charge on any atom is -0.394 e. The molecule has 1 heterocycles. The fourth-order valence-corrected chi connectivity index (χ4v) is 6.20. The first-order valence-electron chi connectivity index (χ1n) is 18.2. The van der Waals surface area contributed by atoms with Crippen molar-refractivity contribution in [3.05, 3.63) is 12.2 Å². The summed E-state index contributed by atoms with van der Waals surface area (Å²) in [6.45, 7) is 3.04. The van der Waals surface area contributed by atoms with E-state index in [0.29, 0.717) is 12.8 Å². The zero-order chi connectivity index (χ0) is 35.8. The smallest absolute Gasteiger partial charge is 0.394 e. The normalized spacial score (nSPS) is 23.7. The molecule has 0 aromatic carbocycles. The Kier molecular flexibility index (Phi) is 24.8. The predicted molar refractivity (Wildman–Crippen MR) is 182 cm³/mol. The molecule has 13 nitrogen and oxygen atoms in total. The van der Waals surface area contributed by atoms with Crippen molar-refractivity contribution in [2.75, 3.05) is 13.2 Å². The van der Waals surface area contributed by atoms with Gasteiger partial charge in [0.15, 0.2) is 6.29 Å². The zero-order valence-electron chi connectivity index (χ0n) is 29.2. The second-order valence-electron chi connectivity index (χ2n) is 13.0. The number of allylic oxidation sites excluding steroid dienone is 1. The SMILES string of the molecule is CCCCC/C=C/C(O)C(COC1OC(CO)C(O)C(OS(=O)(=O)O)C1O)NC(=O)C(O)CCCCCCCCCCCCCCCC. The van der Waals surface area contributed by atoms with Gasteiger partial charge in [-0.2, -0.15) is 8.42 Å². The van der Waals surface area contributed by atoms with Gasteiger partial charge in [0.05, 0.1) is 25.4 Å². The highest BCUT2D eigenvalue weighted by molar-refractivity contribution is 7.80. The predicted octanol–water partition coefficient (Wildman–Crippen LogP) is 3.84. The van der Waals surface area contributed by atoms with E-state index in [2.05, 4.69) is 23.3 Å². The van der Waals surface area contributed by atoms with E-state index in [0.717, 1.165) is 38.5 Å². The van der Waals surface area contributed by atoms with Crippen molar-refractivity contribution in [3.63, 3.8) is 0 Å². The molecule has 0 radical (unpaired) electrons. The van der Waals surface area contributed by atoms with Gasteiger partial charge < -0.3 is 40.3 Å². The van der Waals surface area contributed by atoms with Crippen molar-refractivity contribution >= 4 is 16.3 Å². The molecule has 0 aromatic heterocycles. The fraction of sp³-hybridized carbons (Fsp3) is 0.912. The van der Waals surface area contributed by atoms with Crippen molar-refractivity contribution in [1.29, 1.82) is 0 Å². The Balaban J connectivity index is 2.60. The Hall–Kier alpha value is -1.20. The lowest BCUT2D eigenvalue weighted by Gasteiger charge is -2.41. The van der Waals surface area contributed by atoms with E-state index >= 15 is 0 Å². The number of carbonyl (C=O) groups is 1. The van der Waals surface area contributed by atoms with Gasteiger partial charge in [-0.05, 0) is 19.3 Å². The van der Waals surface area contributed by atoms with Gasteiger partial charge in [-0.3, -0.25) is 9.35 Å². The Morgan fingerprint density at radius 3 is 1.88 bits per heavy atom. The first-order chi connectivity index (χ1) is 22.9. The molecule has 1 rings (SSSR count). The van der Waals surface area contributed by atoms with Crippen LogP contribution in [0.5, 0.6) is 0 Å². The molecule has 0 spiro atoms. The molecule has 7 N–H and O–H groups in total. The van der Waals surface area contributed by atoms with E-state index < -0.39 is 78.5 Å². The van der Waals surface area contributed by atoms with Crippen molar-refractivity contribution < 1.29 is 57.0 Å². The molecule has 8 atom stereocenters. The van der Waals surface area contributed by atoms with Gasteiger partial charge in [0.2, 0.25) is 5.91 Å². The van der Waals surface area contributed by atoms with Gasteiger partial charge in [0.1, 0.15) is 30.5 Å². The van der Waals surface area contributed by atoms with Crippen LogP contribution in [0.3, 0.4) is 0 Å². The minimum atomic E-state index is -5.10. The molecule has 1 fully saturated rings. The average Bonchev–Trinajstić information content (AvgIpc) is 3.04. The van der Waals surface area contributed by atoms with E-state index in [1.165, 1.54) is 70.3 Å². The van der Waals surface area contributed by atoms with Crippen molar-refractivity contribution in [1.82, 2.24) is 5.32 Å². The Bertz CT molecular complexity index is 952. The molecule has 48 heavy (non-hydrogen) atoms. The van der Waals surface area contributed by atoms with Crippen LogP contribution < -0.4 is 5.32 Å². The summed E-state index contributed by atoms with van der Waals surface area (Å²) >= 11 is 0. The van der Waals surface area contributed by atoms with Gasteiger partial charge in [-0.25, -0.2) is 4.18 Å². The van der Waals surface area contributed by atoms with E-state index in [-0.39, 0.29) is 6.42 Å². The number of nitrogens with one attached hydrogen (secondary N) is 1. The largest absolute Gasteiger partial charge is 0.397 e. The molecule has 1 amide bonds. The van der Waals surface area contributed by atoms with Crippen LogP contribution in [-0.2, 0) is 28.9 Å². The molecule has 1 saturated heterocycles. The summed E-state index contributed by atoms with van der Waals surface area (Å²) in [5.74, 6) is -0.710. The topological polar surface area (TPSA) is 212 Å². The van der Waals surface area contributed by atoms with Crippen molar-refractivity contribution in [3.8, 4) is 0 Å². The standard InChI is InChI=1S/C34H65NO12S/c1-3-5-7-9-10-11-12-13-14-15-16-17-19-21-23-28(38)33(41)35-26(27(37)22-20-18-8-6-4-2)25-45-34-31(40)32(47-48(42,43)44)30(39)29(24-36)46-34/h20,22,26-32,34,36-40H,3-19,21,23-25H2,1-2H3,(H,35,41)(H,42,43,44)/b22-20+. The molecule has 0 aromatic rings. The summed E-state index contributed by atoms with van der Waals surface area (Å²) in [7, 11) is -5.10. The molecule has 284 valence electrons. The highest BCUT2D eigenvalue weighted by Gasteiger charge is 2.48. The molecule has 8 unspecified atom stereocenters. The van der Waals surface area contributed by atoms with E-state index in [1.54, 1.807) is 6.08 Å². The minimum absolute atomic E-state index is 0.246. The van der Waals surface area contributed by atoms with E-state index in [9.17, 15) is 38.7 Å². The highest BCUT2D eigenvalue weighted by atomic mass is 32.3. The van der Waals surface area contributed by atoms with Crippen LogP contribution in [0.25, 0.3) is 0 Å². The number of hydrogen-bond donors (Lipinski definition) is 7. The number of amides is 1. The van der Waals surface area contributed by atoms with Crippen LogP contribution in [0.15, 0.2) is 12.2 Å². The maximum atomic E-state index is 12.9. The summed E-state index contributed by atoms with van der Waals surface area (Å²) in [6.07, 6.45) is 12.4. The summed E-state index contributed by atoms with van der Waals surface area (Å²) in [5, 5.41) is 54.4. The molecule has 1 aliphatic rings. The van der Waals surface area contributed by atoms with Crippen LogP contribution >= 0.6 is 0 Å². The molecule has 0 saturated carbocycles. The summed E-state index contributed by atoms with van der Waals surface area (Å²) < 4.78 is 46.9. The zero-order valence-corrected chi connectivity index (χ0v) is 30.0.